The van der Waals surface area contributed by atoms with E-state index < -0.39 is 0 Å². The fourth-order valence-electron chi connectivity index (χ4n) is 2.57. The van der Waals surface area contributed by atoms with Gasteiger partial charge in [-0.15, -0.1) is 0 Å². The Morgan fingerprint density at radius 3 is 3.16 bits per heavy atom. The minimum absolute atomic E-state index is 1.04. The van der Waals surface area contributed by atoms with Crippen LogP contribution in [0, 0.1) is 0 Å². The lowest BCUT2D eigenvalue weighted by Gasteiger charge is -2.09. The van der Waals surface area contributed by atoms with Crippen molar-refractivity contribution in [1.82, 2.24) is 9.55 Å². The number of hydrogen-bond donors (Lipinski definition) is 1. The van der Waals surface area contributed by atoms with Crippen molar-refractivity contribution < 1.29 is 0 Å². The summed E-state index contributed by atoms with van der Waals surface area (Å²) in [5, 5.41) is 7.64. The second kappa shape index (κ2) is 4.24. The lowest BCUT2D eigenvalue weighted by Crippen LogP contribution is -1.95. The molecule has 3 aromatic rings. The third kappa shape index (κ3) is 1.76. The lowest BCUT2D eigenvalue weighted by molar-refractivity contribution is 1.05. The van der Waals surface area contributed by atoms with Crippen molar-refractivity contribution in [2.45, 2.75) is 6.42 Å². The topological polar surface area (TPSA) is 29.9 Å². The maximum atomic E-state index is 4.30. The van der Waals surface area contributed by atoms with Crippen molar-refractivity contribution in [2.24, 2.45) is 0 Å². The largest absolute Gasteiger partial charge is 0.384 e. The van der Waals surface area contributed by atoms with Crippen molar-refractivity contribution in [1.29, 1.82) is 0 Å². The highest BCUT2D eigenvalue weighted by Crippen LogP contribution is 2.28. The Morgan fingerprint density at radius 1 is 1.26 bits per heavy atom. The molecule has 0 atom stereocenters. The van der Waals surface area contributed by atoms with Gasteiger partial charge in [0.05, 0.1) is 18.2 Å². The minimum atomic E-state index is 1.04. The molecule has 0 fully saturated rings. The van der Waals surface area contributed by atoms with Crippen molar-refractivity contribution in [3.8, 4) is 16.9 Å². The molecule has 94 valence electrons. The van der Waals surface area contributed by atoms with Crippen LogP contribution in [0.1, 0.15) is 5.56 Å². The molecule has 0 saturated carbocycles. The van der Waals surface area contributed by atoms with Crippen molar-refractivity contribution >= 4 is 17.0 Å². The van der Waals surface area contributed by atoms with Crippen molar-refractivity contribution in [3.63, 3.8) is 0 Å². The Labute approximate surface area is 115 Å². The van der Waals surface area contributed by atoms with Gasteiger partial charge in [-0.1, -0.05) is 0 Å². The molecule has 2 aromatic heterocycles. The van der Waals surface area contributed by atoms with Crippen LogP contribution >= 0.6 is 11.3 Å². The molecule has 19 heavy (non-hydrogen) atoms. The number of rotatable bonds is 2. The third-order valence-electron chi connectivity index (χ3n) is 3.53. The second-order valence-corrected chi connectivity index (χ2v) is 5.46. The number of benzene rings is 1. The first-order valence-electron chi connectivity index (χ1n) is 6.34. The third-order valence-corrected chi connectivity index (χ3v) is 4.22. The highest BCUT2D eigenvalue weighted by molar-refractivity contribution is 7.08. The zero-order valence-corrected chi connectivity index (χ0v) is 11.2. The number of nitrogens with one attached hydrogen (secondary N) is 1. The molecule has 3 nitrogen and oxygen atoms in total. The van der Waals surface area contributed by atoms with Gasteiger partial charge in [0.15, 0.2) is 0 Å². The molecule has 0 spiro atoms. The van der Waals surface area contributed by atoms with E-state index in [-0.39, 0.29) is 0 Å². The van der Waals surface area contributed by atoms with E-state index in [1.54, 1.807) is 11.3 Å². The molecule has 0 bridgehead atoms. The molecule has 0 unspecified atom stereocenters. The van der Waals surface area contributed by atoms with Crippen LogP contribution in [-0.4, -0.2) is 16.1 Å². The van der Waals surface area contributed by atoms with Gasteiger partial charge in [-0.05, 0) is 41.6 Å². The van der Waals surface area contributed by atoms with Gasteiger partial charge < -0.3 is 5.32 Å². The van der Waals surface area contributed by atoms with E-state index >= 15 is 0 Å². The predicted octanol–water partition coefficient (Wildman–Crippen LogP) is 3.57. The molecule has 4 rings (SSSR count). The summed E-state index contributed by atoms with van der Waals surface area (Å²) in [5.41, 5.74) is 6.21. The number of nitrogens with zero attached hydrogens (tertiary/aromatic N) is 2. The summed E-state index contributed by atoms with van der Waals surface area (Å²) in [4.78, 5) is 4.30. The van der Waals surface area contributed by atoms with Crippen LogP contribution in [0.3, 0.4) is 0 Å². The molecular formula is C15H13N3S. The van der Waals surface area contributed by atoms with Crippen LogP contribution in [0.25, 0.3) is 16.9 Å². The zero-order chi connectivity index (χ0) is 12.7. The van der Waals surface area contributed by atoms with E-state index in [4.69, 9.17) is 0 Å². The average molecular weight is 267 g/mol. The summed E-state index contributed by atoms with van der Waals surface area (Å²) in [6.45, 7) is 1.04. The first-order valence-corrected chi connectivity index (χ1v) is 7.28. The second-order valence-electron chi connectivity index (χ2n) is 4.68. The van der Waals surface area contributed by atoms with E-state index in [2.05, 4.69) is 49.9 Å². The van der Waals surface area contributed by atoms with Gasteiger partial charge in [-0.25, -0.2) is 4.98 Å². The van der Waals surface area contributed by atoms with Crippen molar-refractivity contribution in [3.05, 3.63) is 53.1 Å². The molecule has 3 heterocycles. The summed E-state index contributed by atoms with van der Waals surface area (Å²) in [6.07, 6.45) is 4.91. The van der Waals surface area contributed by atoms with Crippen molar-refractivity contribution in [2.75, 3.05) is 11.9 Å². The van der Waals surface area contributed by atoms with Crippen LogP contribution in [0.5, 0.6) is 0 Å². The Hall–Kier alpha value is -2.07. The summed E-state index contributed by atoms with van der Waals surface area (Å²) < 4.78 is 2.15. The van der Waals surface area contributed by atoms with Crippen LogP contribution in [0.2, 0.25) is 0 Å². The van der Waals surface area contributed by atoms with Gasteiger partial charge in [0, 0.05) is 28.9 Å². The molecule has 0 aliphatic carbocycles. The van der Waals surface area contributed by atoms with Gasteiger partial charge >= 0.3 is 0 Å². The van der Waals surface area contributed by atoms with Crippen LogP contribution in [0.15, 0.2) is 47.5 Å². The molecule has 0 radical (unpaired) electrons. The van der Waals surface area contributed by atoms with Gasteiger partial charge in [0.2, 0.25) is 0 Å². The Bertz CT molecular complexity index is 713. The quantitative estimate of drug-likeness (QED) is 0.769. The molecule has 1 aliphatic heterocycles. The van der Waals surface area contributed by atoms with Gasteiger partial charge in [-0.2, -0.15) is 11.3 Å². The van der Waals surface area contributed by atoms with E-state index in [0.717, 1.165) is 18.7 Å². The van der Waals surface area contributed by atoms with E-state index in [0.29, 0.717) is 0 Å². The highest BCUT2D eigenvalue weighted by atomic mass is 32.1. The predicted molar refractivity (Wildman–Crippen MR) is 79.1 cm³/mol. The smallest absolute Gasteiger partial charge is 0.0997 e. The van der Waals surface area contributed by atoms with E-state index in [1.165, 1.54) is 22.5 Å². The maximum absolute atomic E-state index is 4.30. The molecule has 1 N–H and O–H groups in total. The fraction of sp³-hybridized carbons (Fsp3) is 0.133. The fourth-order valence-corrected chi connectivity index (χ4v) is 3.22. The Morgan fingerprint density at radius 2 is 2.26 bits per heavy atom. The summed E-state index contributed by atoms with van der Waals surface area (Å²) in [6, 6.07) is 8.70. The molecule has 1 aromatic carbocycles. The first-order chi connectivity index (χ1) is 9.42. The summed E-state index contributed by atoms with van der Waals surface area (Å²) in [5.74, 6) is 0. The van der Waals surface area contributed by atoms with E-state index in [1.807, 2.05) is 12.5 Å². The van der Waals surface area contributed by atoms with Crippen LogP contribution in [0.4, 0.5) is 5.69 Å². The summed E-state index contributed by atoms with van der Waals surface area (Å²) in [7, 11) is 0. The van der Waals surface area contributed by atoms with Gasteiger partial charge in [0.25, 0.3) is 0 Å². The molecule has 4 heteroatoms. The summed E-state index contributed by atoms with van der Waals surface area (Å²) >= 11 is 1.71. The lowest BCUT2D eigenvalue weighted by atomic mass is 10.1. The minimum Gasteiger partial charge on any atom is -0.384 e. The van der Waals surface area contributed by atoms with Crippen LogP contribution < -0.4 is 5.32 Å². The first kappa shape index (κ1) is 10.8. The normalized spacial score (nSPS) is 13.3. The number of imidazole rings is 1. The molecule has 0 amide bonds. The number of aromatic nitrogens is 2. The number of anilines is 1. The number of fused-ring (bicyclic) bond motifs is 1. The molecular weight excluding hydrogens is 254 g/mol. The monoisotopic (exact) mass is 267 g/mol. The molecule has 0 saturated heterocycles. The Kier molecular flexibility index (Phi) is 2.42. The van der Waals surface area contributed by atoms with Gasteiger partial charge in [-0.3, -0.25) is 4.57 Å². The number of hydrogen-bond acceptors (Lipinski definition) is 3. The average Bonchev–Trinajstić information content (AvgIpc) is 3.18. The van der Waals surface area contributed by atoms with E-state index in [9.17, 15) is 0 Å². The molecule has 1 aliphatic rings. The highest BCUT2D eigenvalue weighted by Gasteiger charge is 2.12. The maximum Gasteiger partial charge on any atom is 0.0997 e. The van der Waals surface area contributed by atoms with Crippen LogP contribution in [-0.2, 0) is 6.42 Å². The standard InChI is InChI=1S/C15H13N3S/c1-2-14-11(3-5-17-14)7-13(1)18-10-16-8-15(18)12-4-6-19-9-12/h1-2,4,6-10,17H,3,5H2. The van der Waals surface area contributed by atoms with Gasteiger partial charge in [0.1, 0.15) is 0 Å². The Balaban J connectivity index is 1.83. The zero-order valence-electron chi connectivity index (χ0n) is 10.3. The SMILES string of the molecule is c1cc(-c2cncn2-c2ccc3c(c2)CCN3)cs1. The number of thiophene rings is 1.